The van der Waals surface area contributed by atoms with Crippen LogP contribution in [0.5, 0.6) is 0 Å². The second-order valence-electron chi connectivity index (χ2n) is 3.38. The highest BCUT2D eigenvalue weighted by atomic mass is 79.9. The molecule has 0 N–H and O–H groups in total. The smallest absolute Gasteiger partial charge is 0.0181 e. The van der Waals surface area contributed by atoms with Gasteiger partial charge in [0, 0.05) is 4.47 Å². The Morgan fingerprint density at radius 3 is 2.14 bits per heavy atom. The molecule has 0 atom stereocenters. The van der Waals surface area contributed by atoms with Gasteiger partial charge >= 0.3 is 0 Å². The summed E-state index contributed by atoms with van der Waals surface area (Å²) in [7, 11) is 0. The van der Waals surface area contributed by atoms with Gasteiger partial charge in [-0.25, -0.2) is 0 Å². The molecular formula is C13H11Br. The van der Waals surface area contributed by atoms with Gasteiger partial charge in [0.2, 0.25) is 0 Å². The molecule has 0 bridgehead atoms. The average Bonchev–Trinajstić information content (AvgIpc) is 2.18. The van der Waals surface area contributed by atoms with Crippen LogP contribution in [0.1, 0.15) is 5.56 Å². The Balaban J connectivity index is 2.49. The largest absolute Gasteiger partial charge is 0.0614 e. The van der Waals surface area contributed by atoms with E-state index in [0.717, 1.165) is 4.47 Å². The molecule has 0 aliphatic heterocycles. The summed E-state index contributed by atoms with van der Waals surface area (Å²) >= 11 is 3.48. The first-order chi connectivity index (χ1) is 6.75. The van der Waals surface area contributed by atoms with Gasteiger partial charge in [0.1, 0.15) is 0 Å². The standard InChI is InChI=1S/C13H11Br/c1-10-4-2-5-11(8-10)12-6-3-7-13(14)9-12/h2-9H,1H3. The molecule has 0 saturated carbocycles. The molecule has 0 aromatic heterocycles. The first-order valence-corrected chi connectivity index (χ1v) is 5.37. The van der Waals surface area contributed by atoms with Gasteiger partial charge in [0.15, 0.2) is 0 Å². The van der Waals surface area contributed by atoms with E-state index in [9.17, 15) is 0 Å². The average molecular weight is 247 g/mol. The zero-order valence-electron chi connectivity index (χ0n) is 8.00. The third-order valence-electron chi connectivity index (χ3n) is 2.18. The van der Waals surface area contributed by atoms with Crippen molar-refractivity contribution in [3.8, 4) is 11.1 Å². The fourth-order valence-electron chi connectivity index (χ4n) is 1.49. The summed E-state index contributed by atoms with van der Waals surface area (Å²) in [6.45, 7) is 2.11. The van der Waals surface area contributed by atoms with Crippen molar-refractivity contribution >= 4 is 15.9 Å². The van der Waals surface area contributed by atoms with E-state index in [0.29, 0.717) is 0 Å². The Kier molecular flexibility index (Phi) is 2.69. The molecule has 0 saturated heterocycles. The van der Waals surface area contributed by atoms with E-state index < -0.39 is 0 Å². The van der Waals surface area contributed by atoms with Crippen LogP contribution in [0, 0.1) is 6.92 Å². The molecule has 0 spiro atoms. The fraction of sp³-hybridized carbons (Fsp3) is 0.0769. The lowest BCUT2D eigenvalue weighted by atomic mass is 10.0. The number of hydrogen-bond donors (Lipinski definition) is 0. The molecule has 1 heteroatoms. The molecule has 14 heavy (non-hydrogen) atoms. The summed E-state index contributed by atoms with van der Waals surface area (Å²) in [5, 5.41) is 0. The van der Waals surface area contributed by atoms with E-state index in [1.807, 2.05) is 6.07 Å². The SMILES string of the molecule is Cc1cccc(-c2cccc(Br)c2)c1. The maximum Gasteiger partial charge on any atom is 0.0181 e. The summed E-state index contributed by atoms with van der Waals surface area (Å²) in [6.07, 6.45) is 0. The molecule has 2 aromatic carbocycles. The van der Waals surface area contributed by atoms with Gasteiger partial charge in [-0.2, -0.15) is 0 Å². The van der Waals surface area contributed by atoms with Crippen molar-refractivity contribution in [2.75, 3.05) is 0 Å². The summed E-state index contributed by atoms with van der Waals surface area (Å²) in [6, 6.07) is 16.9. The molecule has 0 nitrogen and oxygen atoms in total. The van der Waals surface area contributed by atoms with Crippen molar-refractivity contribution in [2.24, 2.45) is 0 Å². The van der Waals surface area contributed by atoms with E-state index in [2.05, 4.69) is 65.3 Å². The van der Waals surface area contributed by atoms with E-state index >= 15 is 0 Å². The fourth-order valence-corrected chi connectivity index (χ4v) is 1.89. The highest BCUT2D eigenvalue weighted by molar-refractivity contribution is 9.10. The van der Waals surface area contributed by atoms with Gasteiger partial charge in [-0.1, -0.05) is 57.9 Å². The van der Waals surface area contributed by atoms with Gasteiger partial charge in [0.05, 0.1) is 0 Å². The van der Waals surface area contributed by atoms with Crippen LogP contribution in [-0.4, -0.2) is 0 Å². The lowest BCUT2D eigenvalue weighted by molar-refractivity contribution is 1.46. The molecule has 0 fully saturated rings. The number of benzene rings is 2. The summed E-state index contributed by atoms with van der Waals surface area (Å²) in [4.78, 5) is 0. The molecule has 0 aliphatic carbocycles. The van der Waals surface area contributed by atoms with Gasteiger partial charge < -0.3 is 0 Å². The predicted molar refractivity (Wildman–Crippen MR) is 64.3 cm³/mol. The van der Waals surface area contributed by atoms with E-state index in [1.54, 1.807) is 0 Å². The van der Waals surface area contributed by atoms with Crippen LogP contribution < -0.4 is 0 Å². The van der Waals surface area contributed by atoms with Crippen LogP contribution in [-0.2, 0) is 0 Å². The minimum Gasteiger partial charge on any atom is -0.0614 e. The Hall–Kier alpha value is -1.08. The van der Waals surface area contributed by atoms with Crippen molar-refractivity contribution in [3.63, 3.8) is 0 Å². The highest BCUT2D eigenvalue weighted by Gasteiger charge is 1.97. The van der Waals surface area contributed by atoms with Crippen molar-refractivity contribution in [1.29, 1.82) is 0 Å². The summed E-state index contributed by atoms with van der Waals surface area (Å²) < 4.78 is 1.12. The van der Waals surface area contributed by atoms with Crippen molar-refractivity contribution in [2.45, 2.75) is 6.92 Å². The van der Waals surface area contributed by atoms with E-state index in [-0.39, 0.29) is 0 Å². The van der Waals surface area contributed by atoms with E-state index in [4.69, 9.17) is 0 Å². The van der Waals surface area contributed by atoms with Crippen LogP contribution in [0.15, 0.2) is 53.0 Å². The first kappa shape index (κ1) is 9.47. The van der Waals surface area contributed by atoms with Gasteiger partial charge in [-0.05, 0) is 30.2 Å². The normalized spacial score (nSPS) is 10.1. The molecule has 0 amide bonds. The second-order valence-corrected chi connectivity index (χ2v) is 4.30. The Morgan fingerprint density at radius 2 is 1.50 bits per heavy atom. The van der Waals surface area contributed by atoms with Crippen LogP contribution in [0.3, 0.4) is 0 Å². The summed E-state index contributed by atoms with van der Waals surface area (Å²) in [5.41, 5.74) is 3.82. The molecule has 0 heterocycles. The molecule has 0 aliphatic rings. The Morgan fingerprint density at radius 1 is 0.857 bits per heavy atom. The van der Waals surface area contributed by atoms with Crippen molar-refractivity contribution in [1.82, 2.24) is 0 Å². The Bertz CT molecular complexity index is 403. The third kappa shape index (κ3) is 2.05. The van der Waals surface area contributed by atoms with E-state index in [1.165, 1.54) is 16.7 Å². The van der Waals surface area contributed by atoms with Crippen LogP contribution in [0.2, 0.25) is 0 Å². The summed E-state index contributed by atoms with van der Waals surface area (Å²) in [5.74, 6) is 0. The highest BCUT2D eigenvalue weighted by Crippen LogP contribution is 2.23. The van der Waals surface area contributed by atoms with Gasteiger partial charge in [-0.15, -0.1) is 0 Å². The third-order valence-corrected chi connectivity index (χ3v) is 2.67. The topological polar surface area (TPSA) is 0 Å². The zero-order chi connectivity index (χ0) is 9.97. The number of aryl methyl sites for hydroxylation is 1. The second kappa shape index (κ2) is 3.97. The quantitative estimate of drug-likeness (QED) is 0.699. The molecule has 0 radical (unpaired) electrons. The maximum atomic E-state index is 3.48. The van der Waals surface area contributed by atoms with Gasteiger partial charge in [0.25, 0.3) is 0 Å². The number of hydrogen-bond acceptors (Lipinski definition) is 0. The molecule has 2 rings (SSSR count). The minimum absolute atomic E-state index is 1.12. The lowest BCUT2D eigenvalue weighted by Gasteiger charge is -2.02. The number of halogens is 1. The van der Waals surface area contributed by atoms with Crippen LogP contribution >= 0.6 is 15.9 Å². The maximum absolute atomic E-state index is 3.48. The molecule has 2 aromatic rings. The Labute approximate surface area is 92.7 Å². The van der Waals surface area contributed by atoms with Gasteiger partial charge in [-0.3, -0.25) is 0 Å². The molecular weight excluding hydrogens is 236 g/mol. The zero-order valence-corrected chi connectivity index (χ0v) is 9.58. The number of rotatable bonds is 1. The molecule has 70 valence electrons. The molecule has 0 unspecified atom stereocenters. The first-order valence-electron chi connectivity index (χ1n) is 4.58. The van der Waals surface area contributed by atoms with Crippen molar-refractivity contribution < 1.29 is 0 Å². The minimum atomic E-state index is 1.12. The monoisotopic (exact) mass is 246 g/mol. The predicted octanol–water partition coefficient (Wildman–Crippen LogP) is 4.42. The van der Waals surface area contributed by atoms with Crippen molar-refractivity contribution in [3.05, 3.63) is 58.6 Å². The van der Waals surface area contributed by atoms with Crippen LogP contribution in [0.4, 0.5) is 0 Å². The van der Waals surface area contributed by atoms with Crippen LogP contribution in [0.25, 0.3) is 11.1 Å². The lowest BCUT2D eigenvalue weighted by Crippen LogP contribution is -1.78.